The van der Waals surface area contributed by atoms with Gasteiger partial charge in [-0.1, -0.05) is 12.1 Å². The molecule has 2 aromatic carbocycles. The molecule has 5 N–H and O–H groups in total. The first-order valence-electron chi connectivity index (χ1n) is 7.24. The third kappa shape index (κ3) is 3.02. The zero-order valence-electron chi connectivity index (χ0n) is 12.9. The number of phenols is 1. The van der Waals surface area contributed by atoms with E-state index in [1.807, 2.05) is 0 Å². The lowest BCUT2D eigenvalue weighted by Crippen LogP contribution is -1.98. The summed E-state index contributed by atoms with van der Waals surface area (Å²) in [6.45, 7) is 0. The Morgan fingerprint density at radius 1 is 0.920 bits per heavy atom. The third-order valence-electron chi connectivity index (χ3n) is 3.81. The van der Waals surface area contributed by atoms with E-state index in [4.69, 9.17) is 15.9 Å². The Morgan fingerprint density at radius 3 is 2.16 bits per heavy atom. The Hall–Kier alpha value is -3.74. The first kappa shape index (κ1) is 16.1. The van der Waals surface area contributed by atoms with E-state index in [2.05, 4.69) is 0 Å². The van der Waals surface area contributed by atoms with Crippen molar-refractivity contribution in [1.29, 1.82) is 0 Å². The molecule has 0 atom stereocenters. The van der Waals surface area contributed by atoms with Crippen LogP contribution in [0.2, 0.25) is 0 Å². The number of rotatable bonds is 4. The van der Waals surface area contributed by atoms with E-state index < -0.39 is 11.9 Å². The number of carbonyl (C=O) groups is 2. The van der Waals surface area contributed by atoms with Gasteiger partial charge in [0.1, 0.15) is 11.3 Å². The maximum absolute atomic E-state index is 11.0. The fourth-order valence-corrected chi connectivity index (χ4v) is 2.51. The standard InChI is InChI=1S/C18H14N2O5/c19-15-9-20(12-5-6-13(18(24)25)16(21)7-12)8-14(15)10-1-3-11(4-2-10)17(22)23/h1-9,21H,19H2,(H,22,23)(H,24,25). The fourth-order valence-electron chi connectivity index (χ4n) is 2.51. The van der Waals surface area contributed by atoms with E-state index in [1.165, 1.54) is 24.3 Å². The number of aromatic nitrogens is 1. The molecule has 3 rings (SSSR count). The van der Waals surface area contributed by atoms with Crippen LogP contribution in [0, 0.1) is 0 Å². The Labute approximate surface area is 142 Å². The largest absolute Gasteiger partial charge is 0.507 e. The number of anilines is 1. The number of carboxylic acids is 2. The number of aromatic hydroxyl groups is 1. The number of hydrogen-bond donors (Lipinski definition) is 4. The van der Waals surface area contributed by atoms with Crippen molar-refractivity contribution in [3.63, 3.8) is 0 Å². The van der Waals surface area contributed by atoms with Crippen LogP contribution in [0.4, 0.5) is 5.69 Å². The molecule has 126 valence electrons. The molecule has 0 spiro atoms. The summed E-state index contributed by atoms with van der Waals surface area (Å²) in [6, 6.07) is 10.5. The molecule has 7 nitrogen and oxygen atoms in total. The van der Waals surface area contributed by atoms with Gasteiger partial charge in [0.2, 0.25) is 0 Å². The van der Waals surface area contributed by atoms with Crippen LogP contribution < -0.4 is 5.73 Å². The van der Waals surface area contributed by atoms with E-state index >= 15 is 0 Å². The minimum absolute atomic E-state index is 0.177. The molecule has 0 amide bonds. The first-order valence-corrected chi connectivity index (χ1v) is 7.24. The number of nitrogen functional groups attached to an aromatic ring is 1. The number of nitrogens with zero attached hydrogens (tertiary/aromatic N) is 1. The molecule has 0 saturated heterocycles. The van der Waals surface area contributed by atoms with Crippen LogP contribution in [0.25, 0.3) is 16.8 Å². The number of nitrogens with two attached hydrogens (primary N) is 1. The topological polar surface area (TPSA) is 126 Å². The minimum Gasteiger partial charge on any atom is -0.507 e. The van der Waals surface area contributed by atoms with E-state index in [0.29, 0.717) is 16.9 Å². The van der Waals surface area contributed by atoms with Crippen molar-refractivity contribution >= 4 is 17.6 Å². The van der Waals surface area contributed by atoms with Gasteiger partial charge in [-0.05, 0) is 29.8 Å². The lowest BCUT2D eigenvalue weighted by atomic mass is 10.1. The SMILES string of the molecule is Nc1cn(-c2ccc(C(=O)O)c(O)c2)cc1-c1ccc(C(=O)O)cc1. The van der Waals surface area contributed by atoms with Crippen LogP contribution >= 0.6 is 0 Å². The average molecular weight is 338 g/mol. The van der Waals surface area contributed by atoms with Crippen molar-refractivity contribution in [1.82, 2.24) is 4.57 Å². The summed E-state index contributed by atoms with van der Waals surface area (Å²) in [5.74, 6) is -2.56. The van der Waals surface area contributed by atoms with Crippen molar-refractivity contribution in [2.75, 3.05) is 5.73 Å². The molecule has 0 bridgehead atoms. The minimum atomic E-state index is -1.21. The molecular weight excluding hydrogens is 324 g/mol. The number of hydrogen-bond acceptors (Lipinski definition) is 4. The van der Waals surface area contributed by atoms with Crippen molar-refractivity contribution in [3.05, 3.63) is 66.0 Å². The van der Waals surface area contributed by atoms with Gasteiger partial charge in [0.05, 0.1) is 11.3 Å². The highest BCUT2D eigenvalue weighted by molar-refractivity contribution is 5.91. The second-order valence-corrected chi connectivity index (χ2v) is 5.42. The summed E-state index contributed by atoms with van der Waals surface area (Å²) in [7, 11) is 0. The summed E-state index contributed by atoms with van der Waals surface area (Å²) < 4.78 is 1.65. The zero-order chi connectivity index (χ0) is 18.1. The molecule has 0 aliphatic heterocycles. The quantitative estimate of drug-likeness (QED) is 0.579. The maximum atomic E-state index is 11.0. The summed E-state index contributed by atoms with van der Waals surface area (Å²) in [5.41, 5.74) is 8.46. The average Bonchev–Trinajstić information content (AvgIpc) is 2.96. The van der Waals surface area contributed by atoms with Crippen molar-refractivity contribution in [3.8, 4) is 22.6 Å². The second-order valence-electron chi connectivity index (χ2n) is 5.42. The van der Waals surface area contributed by atoms with E-state index in [0.717, 1.165) is 5.56 Å². The Balaban J connectivity index is 1.99. The molecule has 0 radical (unpaired) electrons. The predicted octanol–water partition coefficient (Wildman–Crippen LogP) is 2.83. The lowest BCUT2D eigenvalue weighted by Gasteiger charge is -2.05. The molecule has 0 aliphatic carbocycles. The zero-order valence-corrected chi connectivity index (χ0v) is 12.9. The third-order valence-corrected chi connectivity index (χ3v) is 3.81. The smallest absolute Gasteiger partial charge is 0.339 e. The molecule has 1 aromatic heterocycles. The molecule has 0 unspecified atom stereocenters. The van der Waals surface area contributed by atoms with Crippen LogP contribution in [0.1, 0.15) is 20.7 Å². The molecule has 0 aliphatic rings. The monoisotopic (exact) mass is 338 g/mol. The van der Waals surface area contributed by atoms with E-state index in [-0.39, 0.29) is 16.9 Å². The number of benzene rings is 2. The van der Waals surface area contributed by atoms with Crippen LogP contribution in [0.5, 0.6) is 5.75 Å². The van der Waals surface area contributed by atoms with Crippen molar-refractivity contribution < 1.29 is 24.9 Å². The molecule has 3 aromatic rings. The summed E-state index contributed by atoms with van der Waals surface area (Å²) in [5, 5.41) is 27.7. The molecule has 0 fully saturated rings. The van der Waals surface area contributed by atoms with Crippen molar-refractivity contribution in [2.45, 2.75) is 0 Å². The maximum Gasteiger partial charge on any atom is 0.339 e. The molecular formula is C18H14N2O5. The van der Waals surface area contributed by atoms with Gasteiger partial charge in [-0.2, -0.15) is 0 Å². The highest BCUT2D eigenvalue weighted by atomic mass is 16.4. The van der Waals surface area contributed by atoms with E-state index in [9.17, 15) is 14.7 Å². The molecule has 1 heterocycles. The highest BCUT2D eigenvalue weighted by Gasteiger charge is 2.13. The van der Waals surface area contributed by atoms with Gasteiger partial charge in [0.15, 0.2) is 0 Å². The normalized spacial score (nSPS) is 10.6. The number of aromatic carboxylic acids is 2. The summed E-state index contributed by atoms with van der Waals surface area (Å²) in [6.07, 6.45) is 3.36. The fraction of sp³-hybridized carbons (Fsp3) is 0. The lowest BCUT2D eigenvalue weighted by molar-refractivity contribution is 0.0684. The summed E-state index contributed by atoms with van der Waals surface area (Å²) in [4.78, 5) is 21.9. The van der Waals surface area contributed by atoms with Crippen LogP contribution in [0.15, 0.2) is 54.9 Å². The molecule has 0 saturated carbocycles. The summed E-state index contributed by atoms with van der Waals surface area (Å²) >= 11 is 0. The predicted molar refractivity (Wildman–Crippen MR) is 91.2 cm³/mol. The molecule has 25 heavy (non-hydrogen) atoms. The Kier molecular flexibility index (Phi) is 3.90. The second kappa shape index (κ2) is 6.04. The van der Waals surface area contributed by atoms with Gasteiger partial charge >= 0.3 is 11.9 Å². The van der Waals surface area contributed by atoms with Gasteiger partial charge in [0, 0.05) is 29.7 Å². The van der Waals surface area contributed by atoms with Gasteiger partial charge < -0.3 is 25.6 Å². The molecule has 7 heteroatoms. The van der Waals surface area contributed by atoms with Crippen molar-refractivity contribution in [2.24, 2.45) is 0 Å². The van der Waals surface area contributed by atoms with Gasteiger partial charge in [-0.3, -0.25) is 0 Å². The van der Waals surface area contributed by atoms with Gasteiger partial charge in [-0.15, -0.1) is 0 Å². The van der Waals surface area contributed by atoms with Crippen LogP contribution in [-0.2, 0) is 0 Å². The van der Waals surface area contributed by atoms with Crippen LogP contribution in [0.3, 0.4) is 0 Å². The van der Waals surface area contributed by atoms with Crippen LogP contribution in [-0.4, -0.2) is 31.8 Å². The van der Waals surface area contributed by atoms with E-state index in [1.54, 1.807) is 35.2 Å². The van der Waals surface area contributed by atoms with Gasteiger partial charge in [0.25, 0.3) is 0 Å². The Bertz CT molecular complexity index is 974. The first-order chi connectivity index (χ1) is 11.9. The number of carboxylic acid groups (broad SMARTS) is 2. The Morgan fingerprint density at radius 2 is 1.60 bits per heavy atom. The highest BCUT2D eigenvalue weighted by Crippen LogP contribution is 2.30. The van der Waals surface area contributed by atoms with Gasteiger partial charge in [-0.25, -0.2) is 9.59 Å².